The maximum Gasteiger partial charge on any atom is 3.00 e. The molecular formula is C73H81Lu2N7Si2+2. The quantitative estimate of drug-likeness (QED) is 0.0715. The van der Waals surface area contributed by atoms with Gasteiger partial charge in [0, 0.05) is 6.21 Å². The average molecular weight is 1460 g/mol. The summed E-state index contributed by atoms with van der Waals surface area (Å²) in [6, 6.07) is 69.0. The molecular weight excluding hydrogens is 1380 g/mol. The predicted molar refractivity (Wildman–Crippen MR) is 357 cm³/mol. The third-order valence-electron chi connectivity index (χ3n) is 14.3. The van der Waals surface area contributed by atoms with Gasteiger partial charge in [-0.3, -0.25) is 10.8 Å². The van der Waals surface area contributed by atoms with E-state index in [1.54, 1.807) is 46.9 Å². The van der Waals surface area contributed by atoms with Crippen molar-refractivity contribution >= 4 is 39.9 Å². The molecule has 0 N–H and O–H groups in total. The normalized spacial score (nSPS) is 15.4. The molecule has 0 amide bonds. The van der Waals surface area contributed by atoms with Crippen molar-refractivity contribution < 1.29 is 73.7 Å². The van der Waals surface area contributed by atoms with Gasteiger partial charge in [-0.05, 0) is 92.8 Å². The fourth-order valence-electron chi connectivity index (χ4n) is 9.77. The van der Waals surface area contributed by atoms with Crippen molar-refractivity contribution in [2.45, 2.75) is 107 Å². The van der Waals surface area contributed by atoms with Gasteiger partial charge in [-0.1, -0.05) is 318 Å². The topological polar surface area (TPSA) is 121 Å². The monoisotopic (exact) mass is 1460 g/mol. The number of hydrogen-bond acceptors (Lipinski definition) is 2. The predicted octanol–water partition coefficient (Wildman–Crippen LogP) is 19.4. The van der Waals surface area contributed by atoms with Gasteiger partial charge >= 0.3 is 73.7 Å². The van der Waals surface area contributed by atoms with E-state index in [2.05, 4.69) is 105 Å². The number of hydrogen-bond donors (Lipinski definition) is 0. The summed E-state index contributed by atoms with van der Waals surface area (Å²) in [6.45, 7) is 33.2. The van der Waals surface area contributed by atoms with Crippen LogP contribution in [-0.4, -0.2) is 39.9 Å². The molecule has 0 spiro atoms. The molecule has 2 fully saturated rings. The maximum atomic E-state index is 10.7. The zero-order valence-electron chi connectivity index (χ0n) is 51.2. The largest absolute Gasteiger partial charge is 3.00 e. The average Bonchev–Trinajstić information content (AvgIpc) is 2.65. The molecule has 7 aromatic carbocycles. The van der Waals surface area contributed by atoms with Gasteiger partial charge in [0.05, 0.1) is 33.9 Å². The Hall–Kier alpha value is -4.79. The van der Waals surface area contributed by atoms with E-state index < -0.39 is 22.3 Å². The molecule has 2 aliphatic rings. The van der Waals surface area contributed by atoms with Crippen LogP contribution in [-0.2, 0) is 6.54 Å². The van der Waals surface area contributed by atoms with E-state index in [1.807, 2.05) is 212 Å². The zero-order valence-corrected chi connectivity index (χ0v) is 56.5. The summed E-state index contributed by atoms with van der Waals surface area (Å²) in [4.78, 5) is 9.23. The molecule has 7 aromatic rings. The summed E-state index contributed by atoms with van der Waals surface area (Å²) < 4.78 is 0. The molecule has 84 heavy (non-hydrogen) atoms. The van der Waals surface area contributed by atoms with Crippen molar-refractivity contribution in [1.29, 1.82) is 5.26 Å². The van der Waals surface area contributed by atoms with Crippen LogP contribution >= 0.6 is 0 Å². The molecule has 9 rings (SSSR count). The Labute approximate surface area is 567 Å². The summed E-state index contributed by atoms with van der Waals surface area (Å²) in [5.41, 5.74) is 9.26. The Kier molecular flexibility index (Phi) is 32.4. The first-order valence-corrected chi connectivity index (χ1v) is 35.0. The zero-order chi connectivity index (χ0) is 59.8. The van der Waals surface area contributed by atoms with Crippen LogP contribution in [0.1, 0.15) is 100 Å². The van der Waals surface area contributed by atoms with Gasteiger partial charge < -0.3 is 26.4 Å². The van der Waals surface area contributed by atoms with Gasteiger partial charge in [-0.2, -0.15) is 5.26 Å². The van der Waals surface area contributed by atoms with Crippen LogP contribution in [0.2, 0.25) is 39.3 Å². The van der Waals surface area contributed by atoms with Gasteiger partial charge in [-0.25, -0.2) is 0 Å². The molecule has 0 aliphatic heterocycles. The second-order valence-corrected chi connectivity index (χ2v) is 32.3. The first kappa shape index (κ1) is 73.5. The molecule has 0 bridgehead atoms. The van der Waals surface area contributed by atoms with Crippen molar-refractivity contribution in [3.8, 4) is 6.07 Å². The Morgan fingerprint density at radius 1 is 0.464 bits per heavy atom. The number of rotatable bonds is 11. The number of nitrogens with zero attached hydrogens (tertiary/aromatic N) is 7. The van der Waals surface area contributed by atoms with Crippen molar-refractivity contribution in [2.75, 3.05) is 0 Å². The van der Waals surface area contributed by atoms with Gasteiger partial charge in [-0.15, -0.1) is 6.54 Å². The summed E-state index contributed by atoms with van der Waals surface area (Å²) >= 11 is 0. The molecule has 10 radical (unpaired) electrons. The van der Waals surface area contributed by atoms with Crippen LogP contribution in [0, 0.1) is 144 Å². The van der Waals surface area contributed by atoms with E-state index in [-0.39, 0.29) is 85.4 Å². The number of aliphatic imine (C=N–C) groups is 2. The SMILES string of the molecule is C[C]1[C](C)[C](C)[C]([Si](C)(C)C)[C]1C.C[C]1[C](C)[C](C)[C]([Si](C)(C)C)[C]1C.N#Cc1ccccc1.[Lu+3].[Lu+3].[N-]=C(N=C([N-]C(/N=C/c1ccccc1)c1ccccc1)c1ccccc1)c1ccccc1.[N-]=C([N-]Cc1ccccc1)c1ccccc1. The minimum Gasteiger partial charge on any atom is -0.824 e. The first-order valence-electron chi connectivity index (χ1n) is 28.0. The van der Waals surface area contributed by atoms with E-state index >= 15 is 0 Å². The van der Waals surface area contributed by atoms with Crippen molar-refractivity contribution in [3.05, 3.63) is 331 Å². The minimum atomic E-state index is -1.13. The molecule has 444 valence electrons. The van der Waals surface area contributed by atoms with E-state index in [4.69, 9.17) is 15.6 Å². The molecule has 11 heteroatoms. The maximum absolute atomic E-state index is 10.7. The molecule has 0 heterocycles. The third-order valence-corrected chi connectivity index (χ3v) is 18.8. The van der Waals surface area contributed by atoms with E-state index in [9.17, 15) is 10.8 Å². The van der Waals surface area contributed by atoms with E-state index in [0.717, 1.165) is 27.8 Å². The fourth-order valence-corrected chi connectivity index (χ4v) is 15.0. The number of benzene rings is 7. The summed E-state index contributed by atoms with van der Waals surface area (Å²) in [5, 5.41) is 37.7. The molecule has 1 unspecified atom stereocenters. The Balaban J connectivity index is 0.000000300. The molecule has 7 nitrogen and oxygen atoms in total. The second-order valence-electron chi connectivity index (χ2n) is 22.3. The Morgan fingerprint density at radius 2 is 0.810 bits per heavy atom. The molecule has 2 aliphatic carbocycles. The van der Waals surface area contributed by atoms with Gasteiger partial charge in [0.1, 0.15) is 0 Å². The van der Waals surface area contributed by atoms with E-state index in [0.29, 0.717) is 23.5 Å². The van der Waals surface area contributed by atoms with Crippen LogP contribution in [0.3, 0.4) is 0 Å². The van der Waals surface area contributed by atoms with Crippen molar-refractivity contribution in [3.63, 3.8) is 0 Å². The first-order chi connectivity index (χ1) is 39.1. The van der Waals surface area contributed by atoms with Crippen molar-refractivity contribution in [1.82, 2.24) is 0 Å². The molecule has 2 saturated carbocycles. The Bertz CT molecular complexity index is 2990. The van der Waals surface area contributed by atoms with Crippen LogP contribution in [0.4, 0.5) is 0 Å². The summed E-state index contributed by atoms with van der Waals surface area (Å²) in [7, 11) is -2.27. The number of nitriles is 1. The van der Waals surface area contributed by atoms with E-state index in [1.165, 1.54) is 23.7 Å². The van der Waals surface area contributed by atoms with Crippen LogP contribution < -0.4 is 0 Å². The minimum absolute atomic E-state index is 0. The third kappa shape index (κ3) is 23.1. The van der Waals surface area contributed by atoms with Crippen molar-refractivity contribution in [2.24, 2.45) is 9.98 Å². The fraction of sp³-hybridized carbons (Fsp3) is 0.219. The summed E-state index contributed by atoms with van der Waals surface area (Å²) in [6.07, 6.45) is 1.30. The van der Waals surface area contributed by atoms with Gasteiger partial charge in [0.25, 0.3) is 0 Å². The van der Waals surface area contributed by atoms with Gasteiger partial charge in [0.15, 0.2) is 0 Å². The van der Waals surface area contributed by atoms with Crippen LogP contribution in [0.25, 0.3) is 21.5 Å². The Morgan fingerprint density at radius 3 is 1.18 bits per heavy atom. The van der Waals surface area contributed by atoms with Crippen LogP contribution in [0.15, 0.2) is 222 Å². The number of amidine groups is 3. The molecule has 0 saturated heterocycles. The van der Waals surface area contributed by atoms with Crippen LogP contribution in [0.5, 0.6) is 0 Å². The smallest absolute Gasteiger partial charge is 0.824 e. The van der Waals surface area contributed by atoms with Gasteiger partial charge in [0.2, 0.25) is 0 Å². The standard InChI is InChI=1S/C28H22N4.C14H12N2.2C12H21Si.C7H5N.2Lu/c29-26(23-15-7-2-8-16-23)31-28(25-19-11-4-12-20-25)32-27(24-17-9-3-10-18-24)30-21-22-13-5-1-6-14-22;15-14(13-9-5-2-6-10-13)16-11-12-7-3-1-4-8-12;2*1-8-9(2)11(4)12(10(8)3)13(5,6)7;8-6-7-4-2-1-3-5-7;;/h1-21,27H;1-10H,11H2;2*1-7H3;1-5H;;/q2*-2;;;;2*+3/b30-21+;;;;;;. The molecule has 0 aromatic heterocycles. The summed E-state index contributed by atoms with van der Waals surface area (Å²) in [5.74, 6) is 12.6. The second kappa shape index (κ2) is 37.0. The molecule has 1 atom stereocenters.